The van der Waals surface area contributed by atoms with Crippen molar-refractivity contribution in [3.05, 3.63) is 212 Å². The first-order chi connectivity index (χ1) is 53.4. The lowest BCUT2D eigenvalue weighted by molar-refractivity contribution is -0.150. The number of ether oxygens (including phenoxy) is 3. The summed E-state index contributed by atoms with van der Waals surface area (Å²) in [6, 6.07) is 44.0. The van der Waals surface area contributed by atoms with Gasteiger partial charge in [0.15, 0.2) is 0 Å². The van der Waals surface area contributed by atoms with Crippen LogP contribution in [-0.4, -0.2) is 103 Å². The van der Waals surface area contributed by atoms with Gasteiger partial charge >= 0.3 is 17.9 Å². The van der Waals surface area contributed by atoms with Gasteiger partial charge < -0.3 is 64.6 Å². The van der Waals surface area contributed by atoms with E-state index in [0.29, 0.717) is 109 Å². The molecule has 3 saturated carbocycles. The van der Waals surface area contributed by atoms with Gasteiger partial charge in [-0.1, -0.05) is 147 Å². The highest BCUT2D eigenvalue weighted by molar-refractivity contribution is 6.05. The zero-order valence-corrected chi connectivity index (χ0v) is 63.6. The summed E-state index contributed by atoms with van der Waals surface area (Å²) in [5.74, 6) is -3.11. The first-order valence-corrected chi connectivity index (χ1v) is 37.7. The van der Waals surface area contributed by atoms with Gasteiger partial charge in [0.2, 0.25) is 0 Å². The van der Waals surface area contributed by atoms with Crippen molar-refractivity contribution >= 4 is 70.8 Å². The third-order valence-corrected chi connectivity index (χ3v) is 20.6. The summed E-state index contributed by atoms with van der Waals surface area (Å²) in [6.45, 7) is 13.1. The molecule has 0 aliphatic heterocycles. The summed E-state index contributed by atoms with van der Waals surface area (Å²) in [6.07, 6.45) is 8.77. The Labute approximate surface area is 644 Å². The number of aromatic nitrogens is 6. The molecule has 9 aromatic rings. The van der Waals surface area contributed by atoms with Gasteiger partial charge in [-0.15, -0.1) is 0 Å². The molecule has 0 spiro atoms. The van der Waals surface area contributed by atoms with E-state index < -0.39 is 17.7 Å². The second-order valence-corrected chi connectivity index (χ2v) is 28.1. The molecule has 3 aliphatic carbocycles. The van der Waals surface area contributed by atoms with E-state index in [1.165, 1.54) is 0 Å². The van der Waals surface area contributed by atoms with Gasteiger partial charge in [-0.3, -0.25) is 43.2 Å². The van der Waals surface area contributed by atoms with Gasteiger partial charge in [0.05, 0.1) is 55.7 Å². The number of hydrogen-bond donors (Lipinski definition) is 9. The van der Waals surface area contributed by atoms with E-state index in [1.54, 1.807) is 53.0 Å². The number of amides is 6. The van der Waals surface area contributed by atoms with Gasteiger partial charge in [-0.05, 0) is 151 Å². The molecule has 582 valence electrons. The third kappa shape index (κ3) is 19.7. The number of nitrogens with one attached hydrogen (secondary N) is 3. The third-order valence-electron chi connectivity index (χ3n) is 20.6. The quantitative estimate of drug-likeness (QED) is 0.0200. The molecule has 12 rings (SSSR count). The van der Waals surface area contributed by atoms with E-state index >= 15 is 0 Å². The highest BCUT2D eigenvalue weighted by Crippen LogP contribution is 2.41. The lowest BCUT2D eigenvalue weighted by Crippen LogP contribution is -2.27. The molecule has 6 atom stereocenters. The Kier molecular flexibility index (Phi) is 27.5. The number of carbonyl (C=O) groups excluding carboxylic acids is 9. The number of benzene rings is 6. The van der Waals surface area contributed by atoms with E-state index in [0.717, 1.165) is 91.2 Å². The van der Waals surface area contributed by atoms with Crippen molar-refractivity contribution < 1.29 is 57.4 Å². The second-order valence-electron chi connectivity index (χ2n) is 28.1. The number of esters is 3. The molecule has 6 aromatic carbocycles. The van der Waals surface area contributed by atoms with Crippen LogP contribution in [-0.2, 0) is 48.2 Å². The maximum Gasteiger partial charge on any atom is 0.308 e. The minimum atomic E-state index is -0.661. The summed E-state index contributed by atoms with van der Waals surface area (Å²) in [4.78, 5) is 112. The maximum absolute atomic E-state index is 12.5. The Balaban J connectivity index is 0.000000177. The lowest BCUT2D eigenvalue weighted by atomic mass is 9.86. The summed E-state index contributed by atoms with van der Waals surface area (Å²) in [5.41, 5.74) is 47.3. The number of aryl methyl sites for hydroxylation is 3. The van der Waals surface area contributed by atoms with Crippen molar-refractivity contribution in [3.8, 4) is 33.8 Å². The summed E-state index contributed by atoms with van der Waals surface area (Å²) in [5, 5.41) is 22.9. The number of nitrogens with two attached hydrogens (primary N) is 6. The van der Waals surface area contributed by atoms with Crippen molar-refractivity contribution in [3.63, 3.8) is 0 Å². The molecule has 3 fully saturated rings. The highest BCUT2D eigenvalue weighted by Gasteiger charge is 2.37. The molecule has 27 nitrogen and oxygen atoms in total. The monoisotopic (exact) mass is 1510 g/mol. The van der Waals surface area contributed by atoms with Gasteiger partial charge in [0.1, 0.15) is 51.2 Å². The molecule has 3 heterocycles. The van der Waals surface area contributed by atoms with Crippen molar-refractivity contribution in [1.82, 2.24) is 45.3 Å². The van der Waals surface area contributed by atoms with Crippen molar-refractivity contribution in [1.29, 1.82) is 0 Å². The van der Waals surface area contributed by atoms with Crippen LogP contribution in [0.4, 0.5) is 17.5 Å². The molecular formula is C84H99N15O12. The van der Waals surface area contributed by atoms with E-state index in [-0.39, 0.29) is 106 Å². The number of primary amides is 3. The van der Waals surface area contributed by atoms with Crippen LogP contribution in [0, 0.1) is 38.5 Å². The number of carbonyl (C=O) groups is 9. The molecule has 6 amide bonds. The van der Waals surface area contributed by atoms with Gasteiger partial charge in [-0.25, -0.2) is 14.0 Å². The molecule has 0 bridgehead atoms. The van der Waals surface area contributed by atoms with Crippen LogP contribution >= 0.6 is 0 Å². The SMILES string of the molecule is CCOC(=O)[C@@H]1CCC[C@H](n2nc(-c3ccc(CNC(=O)c4ccccc4C)cc3)c(C(N)=O)c2N)C1.CCOC(=O)[C@H]1CCC[C@@H](n2nc(-c3ccc(CNC(=O)c4ccccc4C)cc3)c(C(N)=O)c2N)C1.CCOC(=O)[C@H]1CCC[C@H](n2nc(-c3ccc(CNC(=O)c4ccccc4C)cc3)c(C(N)=O)c2N)C1. The van der Waals surface area contributed by atoms with Crippen molar-refractivity contribution in [2.24, 2.45) is 35.0 Å². The Morgan fingerprint density at radius 2 is 0.613 bits per heavy atom. The Morgan fingerprint density at radius 1 is 0.369 bits per heavy atom. The van der Waals surface area contributed by atoms with Crippen LogP contribution in [0.1, 0.15) is 211 Å². The predicted molar refractivity (Wildman–Crippen MR) is 422 cm³/mol. The van der Waals surface area contributed by atoms with Gasteiger partial charge in [0, 0.05) is 53.0 Å². The van der Waals surface area contributed by atoms with E-state index in [9.17, 15) is 43.2 Å². The van der Waals surface area contributed by atoms with Crippen LogP contribution in [0.25, 0.3) is 33.8 Å². The van der Waals surface area contributed by atoms with E-state index in [1.807, 2.05) is 148 Å². The Bertz CT molecular complexity index is 4370. The average molecular weight is 1510 g/mol. The molecule has 3 aliphatic rings. The van der Waals surface area contributed by atoms with E-state index in [4.69, 9.17) is 48.6 Å². The highest BCUT2D eigenvalue weighted by atomic mass is 16.5. The zero-order chi connectivity index (χ0) is 79.6. The van der Waals surface area contributed by atoms with Crippen molar-refractivity contribution in [2.45, 2.75) is 156 Å². The number of nitrogen functional groups attached to an aromatic ring is 3. The number of anilines is 3. The van der Waals surface area contributed by atoms with Crippen LogP contribution in [0.15, 0.2) is 146 Å². The second kappa shape index (κ2) is 37.6. The van der Waals surface area contributed by atoms with Crippen LogP contribution < -0.4 is 50.4 Å². The normalized spacial score (nSPS) is 17.2. The molecule has 111 heavy (non-hydrogen) atoms. The van der Waals surface area contributed by atoms with E-state index in [2.05, 4.69) is 31.2 Å². The standard InChI is InChI=1S/3C28H33N5O4/c3*1-3-37-28(36)20-8-6-9-21(15-20)33-25(29)23(26(30)34)24(32-33)19-13-11-18(12-14-19)16-31-27(35)22-10-5-4-7-17(22)2/h3*4-5,7,10-14,20-21H,3,6,8-9,15-16,29H2,1-2H3,(H2,30,34)(H,31,35)/t2*20-,21+;20-,21-/m100/s1. The Hall–Kier alpha value is -12.4. The summed E-state index contributed by atoms with van der Waals surface area (Å²) >= 11 is 0. The average Bonchev–Trinajstić information content (AvgIpc) is 1.64. The van der Waals surface area contributed by atoms with Crippen LogP contribution in [0.5, 0.6) is 0 Å². The molecule has 0 unspecified atom stereocenters. The lowest BCUT2D eigenvalue weighted by Gasteiger charge is -2.28. The van der Waals surface area contributed by atoms with Crippen molar-refractivity contribution in [2.75, 3.05) is 37.0 Å². The first-order valence-electron chi connectivity index (χ1n) is 37.7. The first kappa shape index (κ1) is 81.1. The van der Waals surface area contributed by atoms with Gasteiger partial charge in [0.25, 0.3) is 35.4 Å². The molecule has 27 heteroatoms. The minimum absolute atomic E-state index is 0.133. The molecule has 15 N–H and O–H groups in total. The smallest absolute Gasteiger partial charge is 0.308 e. The summed E-state index contributed by atoms with van der Waals surface area (Å²) in [7, 11) is 0. The van der Waals surface area contributed by atoms with Gasteiger partial charge in [-0.2, -0.15) is 15.3 Å². The number of nitrogens with zero attached hydrogens (tertiary/aromatic N) is 6. The molecule has 3 aromatic heterocycles. The number of hydrogen-bond acceptors (Lipinski definition) is 18. The summed E-state index contributed by atoms with van der Waals surface area (Å²) < 4.78 is 20.5. The molecule has 0 saturated heterocycles. The van der Waals surface area contributed by atoms with Crippen LogP contribution in [0.2, 0.25) is 0 Å². The predicted octanol–water partition coefficient (Wildman–Crippen LogP) is 11.3. The largest absolute Gasteiger partial charge is 0.466 e. The Morgan fingerprint density at radius 3 is 0.838 bits per heavy atom. The topological polar surface area (TPSA) is 427 Å². The minimum Gasteiger partial charge on any atom is -0.466 e. The van der Waals surface area contributed by atoms with Crippen LogP contribution in [0.3, 0.4) is 0 Å². The fraction of sp³-hybridized carbons (Fsp3) is 0.357. The molecule has 0 radical (unpaired) electrons. The zero-order valence-electron chi connectivity index (χ0n) is 63.6. The fourth-order valence-electron chi connectivity index (χ4n) is 14.8. The molecular weight excluding hydrogens is 1410 g/mol. The maximum atomic E-state index is 12.5. The fourth-order valence-corrected chi connectivity index (χ4v) is 14.8. The number of rotatable bonds is 24.